The fourth-order valence-corrected chi connectivity index (χ4v) is 3.33. The lowest BCUT2D eigenvalue weighted by atomic mass is 9.93. The number of rotatable bonds is 4. The van der Waals surface area contributed by atoms with Gasteiger partial charge >= 0.3 is 0 Å². The molecule has 1 saturated heterocycles. The number of nitrogens with two attached hydrogens (primary N) is 1. The van der Waals surface area contributed by atoms with Crippen molar-refractivity contribution in [2.24, 2.45) is 5.73 Å². The molecule has 0 aromatic heterocycles. The molecule has 1 aromatic rings. The van der Waals surface area contributed by atoms with Gasteiger partial charge in [0.1, 0.15) is 0 Å². The van der Waals surface area contributed by atoms with Crippen molar-refractivity contribution in [1.82, 2.24) is 9.80 Å². The van der Waals surface area contributed by atoms with Crippen molar-refractivity contribution in [3.8, 4) is 0 Å². The SMILES string of the molecule is CCC(N)C(c1cccc(C)c1)N1CCN(C)CC1C. The molecule has 2 rings (SSSR count). The smallest absolute Gasteiger partial charge is 0.0503 e. The monoisotopic (exact) mass is 275 g/mol. The van der Waals surface area contributed by atoms with Crippen LogP contribution in [0.3, 0.4) is 0 Å². The van der Waals surface area contributed by atoms with Gasteiger partial charge in [0.15, 0.2) is 0 Å². The average Bonchev–Trinajstić information content (AvgIpc) is 2.41. The Morgan fingerprint density at radius 3 is 2.70 bits per heavy atom. The first-order valence-electron chi connectivity index (χ1n) is 7.79. The zero-order valence-corrected chi connectivity index (χ0v) is 13.3. The number of likely N-dealkylation sites (N-methyl/N-ethyl adjacent to an activating group) is 1. The van der Waals surface area contributed by atoms with Gasteiger partial charge in [-0.3, -0.25) is 4.90 Å². The summed E-state index contributed by atoms with van der Waals surface area (Å²) in [5, 5.41) is 0. The molecule has 0 aliphatic carbocycles. The maximum atomic E-state index is 6.47. The molecule has 2 N–H and O–H groups in total. The first kappa shape index (κ1) is 15.5. The first-order valence-corrected chi connectivity index (χ1v) is 7.79. The van der Waals surface area contributed by atoms with E-state index in [0.717, 1.165) is 26.1 Å². The Morgan fingerprint density at radius 2 is 2.10 bits per heavy atom. The quantitative estimate of drug-likeness (QED) is 0.916. The predicted octanol–water partition coefficient (Wildman–Crippen LogP) is 2.41. The zero-order valence-electron chi connectivity index (χ0n) is 13.3. The van der Waals surface area contributed by atoms with E-state index in [2.05, 4.69) is 61.9 Å². The fraction of sp³-hybridized carbons (Fsp3) is 0.647. The summed E-state index contributed by atoms with van der Waals surface area (Å²) in [5.74, 6) is 0. The average molecular weight is 275 g/mol. The number of benzene rings is 1. The standard InChI is InChI=1S/C17H29N3/c1-5-16(18)17(15-8-6-7-13(2)11-15)20-10-9-19(4)12-14(20)3/h6-8,11,14,16-17H,5,9-10,12,18H2,1-4H3. The molecule has 3 atom stereocenters. The largest absolute Gasteiger partial charge is 0.326 e. The van der Waals surface area contributed by atoms with Gasteiger partial charge in [0.05, 0.1) is 6.04 Å². The second-order valence-corrected chi connectivity index (χ2v) is 6.28. The third-order valence-electron chi connectivity index (χ3n) is 4.50. The van der Waals surface area contributed by atoms with E-state index in [1.54, 1.807) is 0 Å². The van der Waals surface area contributed by atoms with Crippen LogP contribution in [-0.2, 0) is 0 Å². The van der Waals surface area contributed by atoms with Gasteiger partial charge in [-0.15, -0.1) is 0 Å². The van der Waals surface area contributed by atoms with E-state index in [4.69, 9.17) is 5.73 Å². The van der Waals surface area contributed by atoms with E-state index in [0.29, 0.717) is 12.1 Å². The summed E-state index contributed by atoms with van der Waals surface area (Å²) in [5.41, 5.74) is 9.16. The van der Waals surface area contributed by atoms with E-state index >= 15 is 0 Å². The lowest BCUT2D eigenvalue weighted by Crippen LogP contribution is -2.54. The molecule has 1 aromatic carbocycles. The van der Waals surface area contributed by atoms with Crippen LogP contribution >= 0.6 is 0 Å². The normalized spacial score (nSPS) is 24.6. The predicted molar refractivity (Wildman–Crippen MR) is 85.9 cm³/mol. The van der Waals surface area contributed by atoms with Crippen molar-refractivity contribution >= 4 is 0 Å². The lowest BCUT2D eigenvalue weighted by molar-refractivity contribution is 0.0492. The number of piperazine rings is 1. The highest BCUT2D eigenvalue weighted by atomic mass is 15.3. The van der Waals surface area contributed by atoms with Gasteiger partial charge in [-0.25, -0.2) is 0 Å². The minimum Gasteiger partial charge on any atom is -0.326 e. The molecule has 3 nitrogen and oxygen atoms in total. The molecule has 1 fully saturated rings. The highest BCUT2D eigenvalue weighted by Crippen LogP contribution is 2.29. The molecule has 20 heavy (non-hydrogen) atoms. The van der Waals surface area contributed by atoms with Crippen LogP contribution in [-0.4, -0.2) is 48.6 Å². The molecule has 3 heteroatoms. The van der Waals surface area contributed by atoms with Crippen molar-refractivity contribution in [3.05, 3.63) is 35.4 Å². The minimum atomic E-state index is 0.197. The van der Waals surface area contributed by atoms with E-state index in [1.807, 2.05) is 0 Å². The molecule has 0 spiro atoms. The molecule has 0 bridgehead atoms. The number of aryl methyl sites for hydroxylation is 1. The third kappa shape index (κ3) is 3.40. The lowest BCUT2D eigenvalue weighted by Gasteiger charge is -2.45. The second-order valence-electron chi connectivity index (χ2n) is 6.28. The van der Waals surface area contributed by atoms with Crippen LogP contribution in [0.1, 0.15) is 37.4 Å². The topological polar surface area (TPSA) is 32.5 Å². The van der Waals surface area contributed by atoms with Crippen LogP contribution in [0.4, 0.5) is 0 Å². The molecule has 1 aliphatic rings. The molecule has 3 unspecified atom stereocenters. The molecule has 0 saturated carbocycles. The van der Waals surface area contributed by atoms with Crippen LogP contribution in [0.25, 0.3) is 0 Å². The number of hydrogen-bond donors (Lipinski definition) is 1. The summed E-state index contributed by atoms with van der Waals surface area (Å²) < 4.78 is 0. The summed E-state index contributed by atoms with van der Waals surface area (Å²) in [6.07, 6.45) is 1.01. The Bertz CT molecular complexity index is 432. The summed E-state index contributed by atoms with van der Waals surface area (Å²) in [6.45, 7) is 10.0. The highest BCUT2D eigenvalue weighted by molar-refractivity contribution is 5.26. The van der Waals surface area contributed by atoms with Crippen LogP contribution in [0.5, 0.6) is 0 Å². The number of nitrogens with zero attached hydrogens (tertiary/aromatic N) is 2. The summed E-state index contributed by atoms with van der Waals surface area (Å²) in [7, 11) is 2.20. The Labute approximate surface area is 123 Å². The van der Waals surface area contributed by atoms with E-state index < -0.39 is 0 Å². The summed E-state index contributed by atoms with van der Waals surface area (Å²) in [4.78, 5) is 5.01. The molecule has 112 valence electrons. The maximum absolute atomic E-state index is 6.47. The van der Waals surface area contributed by atoms with Gasteiger partial charge in [0.2, 0.25) is 0 Å². The minimum absolute atomic E-state index is 0.197. The third-order valence-corrected chi connectivity index (χ3v) is 4.50. The van der Waals surface area contributed by atoms with Gasteiger partial charge in [-0.1, -0.05) is 36.8 Å². The molecule has 0 radical (unpaired) electrons. The Kier molecular flexibility index (Phi) is 5.19. The van der Waals surface area contributed by atoms with Crippen LogP contribution in [0.2, 0.25) is 0 Å². The van der Waals surface area contributed by atoms with Gasteiger partial charge in [0.25, 0.3) is 0 Å². The highest BCUT2D eigenvalue weighted by Gasteiger charge is 2.32. The van der Waals surface area contributed by atoms with Crippen molar-refractivity contribution in [1.29, 1.82) is 0 Å². The molecule has 1 aliphatic heterocycles. The molecular formula is C17H29N3. The van der Waals surface area contributed by atoms with Crippen molar-refractivity contribution < 1.29 is 0 Å². The van der Waals surface area contributed by atoms with Gasteiger partial charge in [-0.05, 0) is 32.9 Å². The fourth-order valence-electron chi connectivity index (χ4n) is 3.33. The second kappa shape index (κ2) is 6.70. The van der Waals surface area contributed by atoms with Crippen LogP contribution in [0, 0.1) is 6.92 Å². The maximum Gasteiger partial charge on any atom is 0.0503 e. The van der Waals surface area contributed by atoms with E-state index in [9.17, 15) is 0 Å². The summed E-state index contributed by atoms with van der Waals surface area (Å²) in [6, 6.07) is 9.93. The van der Waals surface area contributed by atoms with Gasteiger partial charge in [-0.2, -0.15) is 0 Å². The molecule has 0 amide bonds. The van der Waals surface area contributed by atoms with Gasteiger partial charge in [0, 0.05) is 31.7 Å². The van der Waals surface area contributed by atoms with Crippen LogP contribution < -0.4 is 5.73 Å². The van der Waals surface area contributed by atoms with E-state index in [1.165, 1.54) is 11.1 Å². The zero-order chi connectivity index (χ0) is 14.7. The van der Waals surface area contributed by atoms with Crippen molar-refractivity contribution in [2.75, 3.05) is 26.7 Å². The Balaban J connectivity index is 2.28. The van der Waals surface area contributed by atoms with E-state index in [-0.39, 0.29) is 6.04 Å². The van der Waals surface area contributed by atoms with Gasteiger partial charge < -0.3 is 10.6 Å². The molecule has 1 heterocycles. The van der Waals surface area contributed by atoms with Crippen molar-refractivity contribution in [2.45, 2.75) is 45.3 Å². The number of hydrogen-bond acceptors (Lipinski definition) is 3. The van der Waals surface area contributed by atoms with Crippen molar-refractivity contribution in [3.63, 3.8) is 0 Å². The summed E-state index contributed by atoms with van der Waals surface area (Å²) >= 11 is 0. The molecular weight excluding hydrogens is 246 g/mol. The first-order chi connectivity index (χ1) is 9.52. The Hall–Kier alpha value is -0.900. The van der Waals surface area contributed by atoms with Crippen LogP contribution in [0.15, 0.2) is 24.3 Å². The Morgan fingerprint density at radius 1 is 1.35 bits per heavy atom.